The second-order valence-corrected chi connectivity index (χ2v) is 13.6. The number of aliphatic hydroxyl groups is 1. The van der Waals surface area contributed by atoms with Gasteiger partial charge in [0, 0.05) is 79.7 Å². The molecule has 0 amide bonds. The van der Waals surface area contributed by atoms with Gasteiger partial charge in [0.15, 0.2) is 0 Å². The number of rotatable bonds is 10. The van der Waals surface area contributed by atoms with E-state index in [1.165, 1.54) is 0 Å². The lowest BCUT2D eigenvalue weighted by atomic mass is 9.87. The number of ether oxygens (including phenoxy) is 3. The minimum absolute atomic E-state index is 0.125. The summed E-state index contributed by atoms with van der Waals surface area (Å²) in [4.78, 5) is 20.6. The van der Waals surface area contributed by atoms with Gasteiger partial charge in [-0.2, -0.15) is 0 Å². The molecule has 6 atom stereocenters. The molecule has 0 bridgehead atoms. The first-order valence-electron chi connectivity index (χ1n) is 16.6. The number of aryl methyl sites for hydroxylation is 2. The SMILES string of the molecule is CCN(c1cc(OC2CC(N3C[C@@H](C)O[C@@H](C)C3)C2)cc(C(O)NCc2c(C)cc(C)[nH]c2=O)c1C)C1C[C@@H](C)O[C@@H](C)C1. The molecule has 1 aromatic heterocycles. The topological polar surface area (TPSA) is 99.3 Å². The van der Waals surface area contributed by atoms with Crippen LogP contribution in [0.15, 0.2) is 23.0 Å². The molecule has 2 unspecified atom stereocenters. The minimum atomic E-state index is -0.964. The normalized spacial score (nSPS) is 30.1. The minimum Gasteiger partial charge on any atom is -0.490 e. The van der Waals surface area contributed by atoms with E-state index in [0.29, 0.717) is 17.6 Å². The van der Waals surface area contributed by atoms with Crippen LogP contribution in [0.3, 0.4) is 0 Å². The molecule has 3 aliphatic rings. The van der Waals surface area contributed by atoms with Crippen LogP contribution in [0.2, 0.25) is 0 Å². The Balaban J connectivity index is 1.38. The van der Waals surface area contributed by atoms with Crippen LogP contribution in [0, 0.1) is 20.8 Å². The van der Waals surface area contributed by atoms with Crippen molar-refractivity contribution in [3.05, 3.63) is 56.5 Å². The van der Waals surface area contributed by atoms with E-state index in [1.807, 2.05) is 26.0 Å². The molecule has 3 heterocycles. The summed E-state index contributed by atoms with van der Waals surface area (Å²) in [5, 5.41) is 14.8. The number of nitrogens with zero attached hydrogens (tertiary/aromatic N) is 2. The Morgan fingerprint density at radius 1 is 1.00 bits per heavy atom. The Labute approximate surface area is 263 Å². The van der Waals surface area contributed by atoms with Crippen molar-refractivity contribution in [2.45, 2.75) is 136 Å². The monoisotopic (exact) mass is 610 g/mol. The molecule has 1 aromatic carbocycles. The molecule has 1 saturated carbocycles. The maximum Gasteiger partial charge on any atom is 0.252 e. The largest absolute Gasteiger partial charge is 0.490 e. The van der Waals surface area contributed by atoms with E-state index in [0.717, 1.165) is 79.1 Å². The van der Waals surface area contributed by atoms with Crippen molar-refractivity contribution in [1.82, 2.24) is 15.2 Å². The highest BCUT2D eigenvalue weighted by atomic mass is 16.5. The van der Waals surface area contributed by atoms with E-state index in [-0.39, 0.29) is 42.6 Å². The molecule has 5 rings (SSSR count). The number of hydrogen-bond acceptors (Lipinski definition) is 8. The lowest BCUT2D eigenvalue weighted by Crippen LogP contribution is -2.56. The lowest BCUT2D eigenvalue weighted by molar-refractivity contribution is -0.103. The van der Waals surface area contributed by atoms with Crippen molar-refractivity contribution in [3.63, 3.8) is 0 Å². The zero-order chi connectivity index (χ0) is 31.7. The molecule has 3 fully saturated rings. The Morgan fingerprint density at radius 2 is 1.64 bits per heavy atom. The summed E-state index contributed by atoms with van der Waals surface area (Å²) < 4.78 is 18.7. The fourth-order valence-corrected chi connectivity index (χ4v) is 7.64. The smallest absolute Gasteiger partial charge is 0.252 e. The quantitative estimate of drug-likeness (QED) is 0.328. The zero-order valence-electron chi connectivity index (χ0n) is 28.0. The molecule has 3 N–H and O–H groups in total. The third kappa shape index (κ3) is 7.50. The van der Waals surface area contributed by atoms with E-state index in [4.69, 9.17) is 14.2 Å². The number of pyridine rings is 1. The first-order valence-corrected chi connectivity index (χ1v) is 16.6. The summed E-state index contributed by atoms with van der Waals surface area (Å²) in [6, 6.07) is 6.96. The van der Waals surface area contributed by atoms with E-state index in [2.05, 4.69) is 67.7 Å². The average Bonchev–Trinajstić information content (AvgIpc) is 2.90. The van der Waals surface area contributed by atoms with Crippen LogP contribution in [0.4, 0.5) is 5.69 Å². The standard InChI is InChI=1S/C35H54N4O5/c1-9-39(28-11-22(4)42-23(5)12-28)33-16-30(44-29-13-27(14-29)38-18-24(6)43-25(7)19-38)15-31(26(33)8)34(40)36-17-32-20(2)10-21(3)37-35(32)41/h10,15-16,22-25,27-29,34,36,40H,9,11-14,17-19H2,1-8H3,(H,37,41)/t22-,23+,24-,25+,27?,28?,29?,34?. The van der Waals surface area contributed by atoms with E-state index >= 15 is 0 Å². The van der Waals surface area contributed by atoms with Gasteiger partial charge in [-0.1, -0.05) is 0 Å². The maximum absolute atomic E-state index is 12.7. The number of aromatic amines is 1. The number of benzene rings is 1. The highest BCUT2D eigenvalue weighted by molar-refractivity contribution is 5.61. The molecule has 9 heteroatoms. The van der Waals surface area contributed by atoms with Gasteiger partial charge in [0.2, 0.25) is 0 Å². The predicted octanol–water partition coefficient (Wildman–Crippen LogP) is 4.88. The summed E-state index contributed by atoms with van der Waals surface area (Å²) in [5.74, 6) is 0.782. The number of aliphatic hydroxyl groups excluding tert-OH is 1. The van der Waals surface area contributed by atoms with Gasteiger partial charge in [-0.25, -0.2) is 0 Å². The molecule has 2 saturated heterocycles. The Hall–Kier alpha value is -2.43. The average molecular weight is 611 g/mol. The number of morpholine rings is 1. The van der Waals surface area contributed by atoms with Gasteiger partial charge >= 0.3 is 0 Å². The van der Waals surface area contributed by atoms with Gasteiger partial charge in [0.05, 0.1) is 24.4 Å². The molecular formula is C35H54N4O5. The Bertz CT molecular complexity index is 1320. The van der Waals surface area contributed by atoms with Crippen LogP contribution in [0.5, 0.6) is 5.75 Å². The fraction of sp³-hybridized carbons (Fsp3) is 0.686. The molecule has 44 heavy (non-hydrogen) atoms. The van der Waals surface area contributed by atoms with E-state index < -0.39 is 6.23 Å². The van der Waals surface area contributed by atoms with Crippen LogP contribution in [0.25, 0.3) is 0 Å². The van der Waals surface area contributed by atoms with Crippen LogP contribution < -0.4 is 20.5 Å². The van der Waals surface area contributed by atoms with Crippen LogP contribution in [0.1, 0.15) is 94.5 Å². The Morgan fingerprint density at radius 3 is 2.25 bits per heavy atom. The van der Waals surface area contributed by atoms with Crippen LogP contribution in [-0.4, -0.2) is 77.2 Å². The van der Waals surface area contributed by atoms with E-state index in [9.17, 15) is 9.90 Å². The van der Waals surface area contributed by atoms with Crippen molar-refractivity contribution in [3.8, 4) is 5.75 Å². The first-order chi connectivity index (χ1) is 20.9. The van der Waals surface area contributed by atoms with Gasteiger partial charge in [0.25, 0.3) is 5.56 Å². The fourth-order valence-electron chi connectivity index (χ4n) is 7.64. The molecule has 0 spiro atoms. The number of nitrogens with one attached hydrogen (secondary N) is 2. The lowest BCUT2D eigenvalue weighted by Gasteiger charge is -2.47. The van der Waals surface area contributed by atoms with Crippen molar-refractivity contribution in [2.24, 2.45) is 0 Å². The molecule has 9 nitrogen and oxygen atoms in total. The van der Waals surface area contributed by atoms with Crippen molar-refractivity contribution >= 4 is 5.69 Å². The predicted molar refractivity (Wildman–Crippen MR) is 175 cm³/mol. The summed E-state index contributed by atoms with van der Waals surface area (Å²) in [5.41, 5.74) is 5.12. The third-order valence-electron chi connectivity index (χ3n) is 9.75. The summed E-state index contributed by atoms with van der Waals surface area (Å²) in [6.07, 6.45) is 3.94. The molecule has 0 radical (unpaired) electrons. The van der Waals surface area contributed by atoms with Crippen molar-refractivity contribution < 1.29 is 19.3 Å². The van der Waals surface area contributed by atoms with E-state index in [1.54, 1.807) is 0 Å². The van der Waals surface area contributed by atoms with Crippen molar-refractivity contribution in [1.29, 1.82) is 0 Å². The number of anilines is 1. The molecule has 1 aliphatic carbocycles. The second-order valence-electron chi connectivity index (χ2n) is 13.6. The molecule has 244 valence electrons. The Kier molecular flexibility index (Phi) is 10.4. The van der Waals surface area contributed by atoms with Crippen LogP contribution >= 0.6 is 0 Å². The highest BCUT2D eigenvalue weighted by Gasteiger charge is 2.38. The zero-order valence-corrected chi connectivity index (χ0v) is 28.0. The molecule has 2 aliphatic heterocycles. The number of H-pyrrole nitrogens is 1. The van der Waals surface area contributed by atoms with Crippen LogP contribution in [-0.2, 0) is 16.0 Å². The molecule has 2 aromatic rings. The third-order valence-corrected chi connectivity index (χ3v) is 9.75. The van der Waals surface area contributed by atoms with Gasteiger partial charge < -0.3 is 29.2 Å². The second kappa shape index (κ2) is 13.9. The summed E-state index contributed by atoms with van der Waals surface area (Å²) in [6.45, 7) is 19.7. The number of hydrogen-bond donors (Lipinski definition) is 3. The van der Waals surface area contributed by atoms with Gasteiger partial charge in [0.1, 0.15) is 18.1 Å². The highest BCUT2D eigenvalue weighted by Crippen LogP contribution is 2.38. The maximum atomic E-state index is 12.7. The number of aromatic nitrogens is 1. The van der Waals surface area contributed by atoms with Gasteiger partial charge in [-0.3, -0.25) is 15.0 Å². The van der Waals surface area contributed by atoms with Gasteiger partial charge in [-0.15, -0.1) is 0 Å². The summed E-state index contributed by atoms with van der Waals surface area (Å²) in [7, 11) is 0. The van der Waals surface area contributed by atoms with Crippen molar-refractivity contribution in [2.75, 3.05) is 24.5 Å². The van der Waals surface area contributed by atoms with Gasteiger partial charge in [-0.05, 0) is 91.5 Å². The molecular weight excluding hydrogens is 556 g/mol. The summed E-state index contributed by atoms with van der Waals surface area (Å²) >= 11 is 0. The first kappa shape index (κ1) is 32.9.